The minimum atomic E-state index is -0.324. The van der Waals surface area contributed by atoms with Gasteiger partial charge < -0.3 is 10.3 Å². The number of carbonyl (C=O) groups excluding carboxylic acids is 1. The van der Waals surface area contributed by atoms with Gasteiger partial charge in [-0.15, -0.1) is 0 Å². The van der Waals surface area contributed by atoms with Gasteiger partial charge in [-0.25, -0.2) is 20.8 Å². The summed E-state index contributed by atoms with van der Waals surface area (Å²) in [5, 5.41) is 0. The quantitative estimate of drug-likeness (QED) is 0.354. The van der Waals surface area contributed by atoms with Crippen LogP contribution in [-0.4, -0.2) is 25.4 Å². The predicted molar refractivity (Wildman–Crippen MR) is 76.9 cm³/mol. The largest absolute Gasteiger partial charge is 0.382 e. The molecule has 0 saturated carbocycles. The number of hydrazine groups is 1. The number of aromatic nitrogens is 4. The monoisotopic (exact) mass is 283 g/mol. The lowest BCUT2D eigenvalue weighted by Crippen LogP contribution is -2.29. The number of nitrogen functional groups attached to an aromatic ring is 2. The molecule has 0 radical (unpaired) electrons. The maximum atomic E-state index is 11.4. The van der Waals surface area contributed by atoms with E-state index >= 15 is 0 Å². The highest BCUT2D eigenvalue weighted by Gasteiger charge is 2.08. The van der Waals surface area contributed by atoms with Crippen LogP contribution in [0.4, 0.5) is 5.82 Å². The smallest absolute Gasteiger partial charge is 0.265 e. The highest BCUT2D eigenvalue weighted by Crippen LogP contribution is 2.16. The molecule has 0 bridgehead atoms. The Morgan fingerprint density at radius 2 is 1.95 bits per heavy atom. The van der Waals surface area contributed by atoms with Gasteiger partial charge in [0.1, 0.15) is 11.8 Å². The fourth-order valence-corrected chi connectivity index (χ4v) is 2.06. The molecule has 8 nitrogen and oxygen atoms in total. The fraction of sp³-hybridized carbons (Fsp3) is 0.0769. The summed E-state index contributed by atoms with van der Waals surface area (Å²) in [5.41, 5.74) is 10.6. The molecule has 0 saturated heterocycles. The van der Waals surface area contributed by atoms with Crippen molar-refractivity contribution in [1.29, 1.82) is 0 Å². The molecule has 0 unspecified atom stereocenters. The molecule has 2 aromatic heterocycles. The first-order valence-electron chi connectivity index (χ1n) is 6.20. The molecule has 3 aromatic rings. The molecular weight excluding hydrogens is 270 g/mol. The zero-order valence-electron chi connectivity index (χ0n) is 11.0. The first-order valence-corrected chi connectivity index (χ1v) is 6.20. The summed E-state index contributed by atoms with van der Waals surface area (Å²) in [4.78, 5) is 23.7. The summed E-state index contributed by atoms with van der Waals surface area (Å²) in [6.07, 6.45) is 3.07. The number of amides is 1. The van der Waals surface area contributed by atoms with E-state index in [0.29, 0.717) is 29.1 Å². The zero-order valence-corrected chi connectivity index (χ0v) is 11.0. The van der Waals surface area contributed by atoms with E-state index in [1.807, 2.05) is 16.7 Å². The van der Waals surface area contributed by atoms with Gasteiger partial charge in [0.05, 0.1) is 12.9 Å². The first-order chi connectivity index (χ1) is 10.2. The maximum Gasteiger partial charge on any atom is 0.265 e. The molecule has 106 valence electrons. The molecular formula is C13H13N7O. The summed E-state index contributed by atoms with van der Waals surface area (Å²) in [6, 6.07) is 7.11. The van der Waals surface area contributed by atoms with Gasteiger partial charge in [-0.1, -0.05) is 12.1 Å². The Morgan fingerprint density at radius 1 is 1.19 bits per heavy atom. The number of fused-ring (bicyclic) bond motifs is 1. The Balaban J connectivity index is 1.88. The van der Waals surface area contributed by atoms with Gasteiger partial charge in [0, 0.05) is 5.56 Å². The highest BCUT2D eigenvalue weighted by molar-refractivity contribution is 5.93. The third-order valence-electron chi connectivity index (χ3n) is 3.13. The lowest BCUT2D eigenvalue weighted by atomic mass is 10.1. The average Bonchev–Trinajstić information content (AvgIpc) is 2.92. The Labute approximate surface area is 119 Å². The number of rotatable bonds is 3. The molecule has 5 N–H and O–H groups in total. The summed E-state index contributed by atoms with van der Waals surface area (Å²) in [7, 11) is 0. The second-order valence-electron chi connectivity index (χ2n) is 4.47. The van der Waals surface area contributed by atoms with Crippen molar-refractivity contribution < 1.29 is 4.79 Å². The van der Waals surface area contributed by atoms with E-state index < -0.39 is 0 Å². The zero-order chi connectivity index (χ0) is 14.8. The molecule has 0 aliphatic rings. The van der Waals surface area contributed by atoms with Crippen molar-refractivity contribution in [3.63, 3.8) is 0 Å². The standard InChI is InChI=1S/C13H13N7O/c14-11-10-12(17-6-16-11)20(7-18-10)5-8-1-3-9(4-2-8)13(21)19-15/h1-4,6-7H,5,15H2,(H,19,21)(H2,14,16,17). The van der Waals surface area contributed by atoms with E-state index in [4.69, 9.17) is 11.6 Å². The first kappa shape index (κ1) is 13.0. The number of carbonyl (C=O) groups is 1. The van der Waals surface area contributed by atoms with E-state index in [0.717, 1.165) is 5.56 Å². The summed E-state index contributed by atoms with van der Waals surface area (Å²) < 4.78 is 1.87. The van der Waals surface area contributed by atoms with Crippen LogP contribution in [-0.2, 0) is 6.54 Å². The molecule has 2 heterocycles. The number of nitrogens with one attached hydrogen (secondary N) is 1. The maximum absolute atomic E-state index is 11.4. The molecule has 3 rings (SSSR count). The van der Waals surface area contributed by atoms with Gasteiger partial charge in [0.15, 0.2) is 11.5 Å². The molecule has 0 spiro atoms. The highest BCUT2D eigenvalue weighted by atomic mass is 16.2. The number of hydrogen-bond acceptors (Lipinski definition) is 6. The van der Waals surface area contributed by atoms with Gasteiger partial charge in [0.25, 0.3) is 5.91 Å². The Bertz CT molecular complexity index is 794. The number of imidazole rings is 1. The van der Waals surface area contributed by atoms with Crippen LogP contribution in [0.2, 0.25) is 0 Å². The van der Waals surface area contributed by atoms with Crippen molar-refractivity contribution in [3.8, 4) is 0 Å². The van der Waals surface area contributed by atoms with Gasteiger partial charge in [-0.2, -0.15) is 0 Å². The van der Waals surface area contributed by atoms with Crippen LogP contribution >= 0.6 is 0 Å². The summed E-state index contributed by atoms with van der Waals surface area (Å²) in [6.45, 7) is 0.567. The molecule has 8 heteroatoms. The number of nitrogens with zero attached hydrogens (tertiary/aromatic N) is 4. The van der Waals surface area contributed by atoms with Crippen molar-refractivity contribution in [2.24, 2.45) is 5.84 Å². The van der Waals surface area contributed by atoms with Crippen LogP contribution in [0.25, 0.3) is 11.2 Å². The molecule has 21 heavy (non-hydrogen) atoms. The van der Waals surface area contributed by atoms with E-state index in [9.17, 15) is 4.79 Å². The predicted octanol–water partition coefficient (Wildman–Crippen LogP) is 0.0603. The number of benzene rings is 1. The second-order valence-corrected chi connectivity index (χ2v) is 4.47. The lowest BCUT2D eigenvalue weighted by molar-refractivity contribution is 0.0953. The van der Waals surface area contributed by atoms with Crippen LogP contribution in [0.1, 0.15) is 15.9 Å². The SMILES string of the molecule is NNC(=O)c1ccc(Cn2cnc3c(N)ncnc32)cc1. The van der Waals surface area contributed by atoms with Crippen molar-refractivity contribution in [2.45, 2.75) is 6.54 Å². The van der Waals surface area contributed by atoms with Crippen LogP contribution in [0, 0.1) is 0 Å². The van der Waals surface area contributed by atoms with Crippen LogP contribution < -0.4 is 17.0 Å². The van der Waals surface area contributed by atoms with Crippen molar-refractivity contribution in [1.82, 2.24) is 24.9 Å². The normalized spacial score (nSPS) is 10.7. The van der Waals surface area contributed by atoms with E-state index in [1.54, 1.807) is 18.5 Å². The topological polar surface area (TPSA) is 125 Å². The Kier molecular flexibility index (Phi) is 3.20. The number of nitrogens with two attached hydrogens (primary N) is 2. The van der Waals surface area contributed by atoms with E-state index in [-0.39, 0.29) is 5.91 Å². The van der Waals surface area contributed by atoms with Crippen molar-refractivity contribution in [3.05, 3.63) is 48.0 Å². The molecule has 1 amide bonds. The van der Waals surface area contributed by atoms with Gasteiger partial charge in [0.2, 0.25) is 0 Å². The fourth-order valence-electron chi connectivity index (χ4n) is 2.06. The van der Waals surface area contributed by atoms with Gasteiger partial charge in [-0.05, 0) is 17.7 Å². The number of anilines is 1. The van der Waals surface area contributed by atoms with Crippen LogP contribution in [0.15, 0.2) is 36.9 Å². The third kappa shape index (κ3) is 2.39. The second kappa shape index (κ2) is 5.17. The van der Waals surface area contributed by atoms with Gasteiger partial charge in [-0.3, -0.25) is 10.2 Å². The molecule has 0 fully saturated rings. The van der Waals surface area contributed by atoms with Gasteiger partial charge >= 0.3 is 0 Å². The number of hydrogen-bond donors (Lipinski definition) is 3. The van der Waals surface area contributed by atoms with Crippen molar-refractivity contribution >= 4 is 22.9 Å². The summed E-state index contributed by atoms with van der Waals surface area (Å²) in [5.74, 6) is 5.12. The third-order valence-corrected chi connectivity index (χ3v) is 3.13. The lowest BCUT2D eigenvalue weighted by Gasteiger charge is -2.05. The molecule has 0 atom stereocenters. The van der Waals surface area contributed by atoms with Crippen molar-refractivity contribution in [2.75, 3.05) is 5.73 Å². The molecule has 0 aliphatic carbocycles. The molecule has 1 aromatic carbocycles. The van der Waals surface area contributed by atoms with Crippen LogP contribution in [0.5, 0.6) is 0 Å². The Hall–Kier alpha value is -3.00. The minimum Gasteiger partial charge on any atom is -0.382 e. The van der Waals surface area contributed by atoms with E-state index in [1.165, 1.54) is 6.33 Å². The summed E-state index contributed by atoms with van der Waals surface area (Å²) >= 11 is 0. The minimum absolute atomic E-state index is 0.324. The Morgan fingerprint density at radius 3 is 2.67 bits per heavy atom. The van der Waals surface area contributed by atoms with Crippen LogP contribution in [0.3, 0.4) is 0 Å². The molecule has 0 aliphatic heterocycles. The average molecular weight is 283 g/mol. The van der Waals surface area contributed by atoms with E-state index in [2.05, 4.69) is 20.4 Å².